The van der Waals surface area contributed by atoms with Crippen molar-refractivity contribution in [3.05, 3.63) is 23.9 Å². The first kappa shape index (κ1) is 18.1. The van der Waals surface area contributed by atoms with E-state index in [1.165, 1.54) is 12.8 Å². The average molecular weight is 346 g/mol. The van der Waals surface area contributed by atoms with E-state index < -0.39 is 0 Å². The monoisotopic (exact) mass is 346 g/mol. The molecule has 1 atom stereocenters. The number of hydrogen-bond donors (Lipinski definition) is 1. The van der Waals surface area contributed by atoms with Gasteiger partial charge in [-0.3, -0.25) is 9.69 Å². The lowest BCUT2D eigenvalue weighted by atomic mass is 10.0. The fraction of sp³-hybridized carbons (Fsp3) is 0.684. The van der Waals surface area contributed by atoms with Gasteiger partial charge in [-0.15, -0.1) is 0 Å². The zero-order valence-corrected chi connectivity index (χ0v) is 15.4. The van der Waals surface area contributed by atoms with Gasteiger partial charge in [-0.1, -0.05) is 13.8 Å². The molecule has 6 heteroatoms. The Morgan fingerprint density at radius 3 is 2.52 bits per heavy atom. The maximum atomic E-state index is 12.5. The van der Waals surface area contributed by atoms with Gasteiger partial charge in [0.25, 0.3) is 5.91 Å². The Balaban J connectivity index is 1.55. The number of anilines is 1. The highest BCUT2D eigenvalue weighted by Gasteiger charge is 2.24. The molecule has 2 aliphatic heterocycles. The Hall–Kier alpha value is -1.66. The number of carbonyl (C=O) groups excluding carboxylic acids is 1. The van der Waals surface area contributed by atoms with Crippen molar-refractivity contribution in [2.45, 2.75) is 32.7 Å². The molecule has 0 unspecified atom stereocenters. The van der Waals surface area contributed by atoms with Gasteiger partial charge in [0.15, 0.2) is 0 Å². The molecule has 1 N–H and O–H groups in total. The van der Waals surface area contributed by atoms with Gasteiger partial charge < -0.3 is 15.0 Å². The van der Waals surface area contributed by atoms with Crippen LogP contribution in [-0.4, -0.2) is 67.8 Å². The van der Waals surface area contributed by atoms with E-state index in [0.29, 0.717) is 24.1 Å². The third kappa shape index (κ3) is 4.70. The van der Waals surface area contributed by atoms with Crippen LogP contribution in [0.15, 0.2) is 18.3 Å². The number of carbonyl (C=O) groups is 1. The first-order valence-electron chi connectivity index (χ1n) is 9.46. The highest BCUT2D eigenvalue weighted by molar-refractivity contribution is 5.94. The molecule has 138 valence electrons. The SMILES string of the molecule is CC(C)[C@H](CNC(=O)c1ccc(N2CCCC2)nc1)N1CCOCC1. The van der Waals surface area contributed by atoms with E-state index in [-0.39, 0.29) is 5.91 Å². The summed E-state index contributed by atoms with van der Waals surface area (Å²) in [5.41, 5.74) is 0.632. The summed E-state index contributed by atoms with van der Waals surface area (Å²) in [6.45, 7) is 10.6. The van der Waals surface area contributed by atoms with Crippen molar-refractivity contribution >= 4 is 11.7 Å². The van der Waals surface area contributed by atoms with Crippen LogP contribution in [0.1, 0.15) is 37.0 Å². The van der Waals surface area contributed by atoms with Gasteiger partial charge in [-0.25, -0.2) is 4.98 Å². The molecule has 3 rings (SSSR count). The molecule has 2 saturated heterocycles. The Labute approximate surface area is 150 Å². The summed E-state index contributed by atoms with van der Waals surface area (Å²) in [5, 5.41) is 3.09. The molecule has 25 heavy (non-hydrogen) atoms. The van der Waals surface area contributed by atoms with Crippen molar-refractivity contribution in [3.8, 4) is 0 Å². The number of aromatic nitrogens is 1. The molecule has 6 nitrogen and oxygen atoms in total. The highest BCUT2D eigenvalue weighted by Crippen LogP contribution is 2.18. The van der Waals surface area contributed by atoms with Crippen LogP contribution in [0.4, 0.5) is 5.82 Å². The summed E-state index contributed by atoms with van der Waals surface area (Å²) < 4.78 is 5.44. The number of ether oxygens (including phenoxy) is 1. The molecule has 0 aromatic carbocycles. The molecule has 2 fully saturated rings. The van der Waals surface area contributed by atoms with Crippen molar-refractivity contribution in [3.63, 3.8) is 0 Å². The van der Waals surface area contributed by atoms with Gasteiger partial charge >= 0.3 is 0 Å². The Morgan fingerprint density at radius 2 is 1.92 bits per heavy atom. The minimum Gasteiger partial charge on any atom is -0.379 e. The fourth-order valence-electron chi connectivity index (χ4n) is 3.65. The van der Waals surface area contributed by atoms with Crippen molar-refractivity contribution in [2.75, 3.05) is 50.8 Å². The lowest BCUT2D eigenvalue weighted by molar-refractivity contribution is 0.00672. The molecular formula is C19H30N4O2. The number of pyridine rings is 1. The second kappa shape index (κ2) is 8.63. The minimum atomic E-state index is -0.0422. The predicted molar refractivity (Wildman–Crippen MR) is 99.0 cm³/mol. The largest absolute Gasteiger partial charge is 0.379 e. The third-order valence-electron chi connectivity index (χ3n) is 5.20. The second-order valence-corrected chi connectivity index (χ2v) is 7.27. The molecule has 0 radical (unpaired) electrons. The molecule has 1 amide bonds. The van der Waals surface area contributed by atoms with E-state index in [0.717, 1.165) is 45.2 Å². The second-order valence-electron chi connectivity index (χ2n) is 7.27. The molecule has 3 heterocycles. The van der Waals surface area contributed by atoms with Gasteiger partial charge in [0.2, 0.25) is 0 Å². The summed E-state index contributed by atoms with van der Waals surface area (Å²) in [5.74, 6) is 1.41. The van der Waals surface area contributed by atoms with Gasteiger partial charge in [0.05, 0.1) is 18.8 Å². The molecule has 0 bridgehead atoms. The Bertz CT molecular complexity index is 549. The van der Waals surface area contributed by atoms with Gasteiger partial charge in [-0.2, -0.15) is 0 Å². The van der Waals surface area contributed by atoms with E-state index in [9.17, 15) is 4.79 Å². The van der Waals surface area contributed by atoms with E-state index in [1.54, 1.807) is 6.20 Å². The van der Waals surface area contributed by atoms with Crippen LogP contribution in [0.2, 0.25) is 0 Å². The Morgan fingerprint density at radius 1 is 1.20 bits per heavy atom. The topological polar surface area (TPSA) is 57.7 Å². The molecule has 1 aromatic rings. The fourth-order valence-corrected chi connectivity index (χ4v) is 3.65. The van der Waals surface area contributed by atoms with Gasteiger partial charge in [0, 0.05) is 45.0 Å². The summed E-state index contributed by atoms with van der Waals surface area (Å²) in [4.78, 5) is 21.6. The normalized spacial score (nSPS) is 20.0. The summed E-state index contributed by atoms with van der Waals surface area (Å²) in [6, 6.07) is 4.18. The van der Waals surface area contributed by atoms with Crippen LogP contribution in [0.3, 0.4) is 0 Å². The number of hydrogen-bond acceptors (Lipinski definition) is 5. The van der Waals surface area contributed by atoms with Crippen molar-refractivity contribution in [1.29, 1.82) is 0 Å². The maximum absolute atomic E-state index is 12.5. The molecule has 0 aliphatic carbocycles. The summed E-state index contributed by atoms with van der Waals surface area (Å²) in [7, 11) is 0. The quantitative estimate of drug-likeness (QED) is 0.851. The first-order valence-corrected chi connectivity index (χ1v) is 9.46. The predicted octanol–water partition coefficient (Wildman–Crippen LogP) is 1.77. The maximum Gasteiger partial charge on any atom is 0.252 e. The number of nitrogens with one attached hydrogen (secondary N) is 1. The summed E-state index contributed by atoms with van der Waals surface area (Å²) >= 11 is 0. The summed E-state index contributed by atoms with van der Waals surface area (Å²) in [6.07, 6.45) is 4.15. The Kier molecular flexibility index (Phi) is 6.26. The number of rotatable bonds is 6. The number of nitrogens with zero attached hydrogens (tertiary/aromatic N) is 3. The standard InChI is InChI=1S/C19H30N4O2/c1-15(2)17(22-9-11-25-12-10-22)14-21-19(24)16-5-6-18(20-13-16)23-7-3-4-8-23/h5-6,13,15,17H,3-4,7-12,14H2,1-2H3,(H,21,24)/t17-/m0/s1. The van der Waals surface area contributed by atoms with Crippen LogP contribution in [-0.2, 0) is 4.74 Å². The van der Waals surface area contributed by atoms with Crippen molar-refractivity contribution in [1.82, 2.24) is 15.2 Å². The van der Waals surface area contributed by atoms with Crippen LogP contribution in [0, 0.1) is 5.92 Å². The lowest BCUT2D eigenvalue weighted by Crippen LogP contribution is -2.51. The van der Waals surface area contributed by atoms with Gasteiger partial charge in [-0.05, 0) is 30.9 Å². The number of morpholine rings is 1. The average Bonchev–Trinajstić information content (AvgIpc) is 3.17. The zero-order valence-electron chi connectivity index (χ0n) is 15.4. The zero-order chi connectivity index (χ0) is 17.6. The molecule has 0 saturated carbocycles. The van der Waals surface area contributed by atoms with E-state index in [1.807, 2.05) is 12.1 Å². The molecule has 1 aromatic heterocycles. The van der Waals surface area contributed by atoms with Crippen molar-refractivity contribution < 1.29 is 9.53 Å². The van der Waals surface area contributed by atoms with Crippen LogP contribution in [0.25, 0.3) is 0 Å². The molecule has 0 spiro atoms. The highest BCUT2D eigenvalue weighted by atomic mass is 16.5. The van der Waals surface area contributed by atoms with Crippen LogP contribution >= 0.6 is 0 Å². The van der Waals surface area contributed by atoms with E-state index >= 15 is 0 Å². The number of amides is 1. The van der Waals surface area contributed by atoms with Crippen molar-refractivity contribution in [2.24, 2.45) is 5.92 Å². The first-order chi connectivity index (χ1) is 12.1. The van der Waals surface area contributed by atoms with Gasteiger partial charge in [0.1, 0.15) is 5.82 Å². The van der Waals surface area contributed by atoms with Crippen LogP contribution < -0.4 is 10.2 Å². The third-order valence-corrected chi connectivity index (χ3v) is 5.20. The van der Waals surface area contributed by atoms with E-state index in [2.05, 4.69) is 33.9 Å². The smallest absolute Gasteiger partial charge is 0.252 e. The van der Waals surface area contributed by atoms with Crippen LogP contribution in [0.5, 0.6) is 0 Å². The minimum absolute atomic E-state index is 0.0422. The lowest BCUT2D eigenvalue weighted by Gasteiger charge is -2.36. The molecular weight excluding hydrogens is 316 g/mol. The van der Waals surface area contributed by atoms with E-state index in [4.69, 9.17) is 4.74 Å². The molecule has 2 aliphatic rings.